The Bertz CT molecular complexity index is 603. The predicted molar refractivity (Wildman–Crippen MR) is 74.0 cm³/mol. The van der Waals surface area contributed by atoms with Gasteiger partial charge in [0.25, 0.3) is 10.1 Å². The van der Waals surface area contributed by atoms with Gasteiger partial charge in [0.1, 0.15) is 0 Å². The molecule has 0 unspecified atom stereocenters. The van der Waals surface area contributed by atoms with Crippen LogP contribution in [-0.2, 0) is 23.8 Å². The van der Waals surface area contributed by atoms with Crippen LogP contribution in [0.1, 0.15) is 18.4 Å². The molecule has 0 heterocycles. The van der Waals surface area contributed by atoms with Crippen LogP contribution in [0.5, 0.6) is 0 Å². The van der Waals surface area contributed by atoms with Crippen LogP contribution in [0.3, 0.4) is 0 Å². The number of carbonyl (C=O) groups excluding carboxylic acids is 1. The molecular weight excluding hydrogens is 296 g/mol. The molecule has 1 fully saturated rings. The molecule has 116 valence electrons. The average Bonchev–Trinajstić information content (AvgIpc) is 3.28. The third-order valence-electron chi connectivity index (χ3n) is 3.39. The summed E-state index contributed by atoms with van der Waals surface area (Å²) < 4.78 is 33.8. The highest BCUT2D eigenvalue weighted by Crippen LogP contribution is 2.35. The fourth-order valence-corrected chi connectivity index (χ4v) is 2.98. The van der Waals surface area contributed by atoms with Gasteiger partial charge < -0.3 is 9.84 Å². The highest BCUT2D eigenvalue weighted by Gasteiger charge is 2.42. The van der Waals surface area contributed by atoms with Crippen LogP contribution in [0.15, 0.2) is 29.2 Å². The monoisotopic (exact) mass is 314 g/mol. The van der Waals surface area contributed by atoms with E-state index in [1.165, 1.54) is 12.1 Å². The molecule has 21 heavy (non-hydrogen) atoms. The van der Waals surface area contributed by atoms with E-state index in [9.17, 15) is 18.3 Å². The lowest BCUT2D eigenvalue weighted by atomic mass is 10.1. The van der Waals surface area contributed by atoms with Gasteiger partial charge in [0.15, 0.2) is 0 Å². The highest BCUT2D eigenvalue weighted by atomic mass is 32.2. The molecular formula is C14H18O6S. The van der Waals surface area contributed by atoms with Crippen molar-refractivity contribution in [1.29, 1.82) is 0 Å². The largest absolute Gasteiger partial charge is 0.467 e. The van der Waals surface area contributed by atoms with Crippen molar-refractivity contribution >= 4 is 16.1 Å². The Morgan fingerprint density at radius 1 is 1.29 bits per heavy atom. The molecule has 7 heteroatoms. The van der Waals surface area contributed by atoms with E-state index >= 15 is 0 Å². The lowest BCUT2D eigenvalue weighted by Gasteiger charge is -2.20. The minimum atomic E-state index is -4.14. The average molecular weight is 314 g/mol. The van der Waals surface area contributed by atoms with Crippen molar-refractivity contribution in [3.63, 3.8) is 0 Å². The van der Waals surface area contributed by atoms with Gasteiger partial charge in [-0.25, -0.2) is 8.98 Å². The lowest BCUT2D eigenvalue weighted by Crippen LogP contribution is -2.40. The number of esters is 1. The minimum absolute atomic E-state index is 0.0648. The standard InChI is InChI=1S/C14H18O6S/c1-9-3-7-11(8-4-9)21(17,18)20-13(14(16)19-2)12(15)10-5-6-10/h3-4,7-8,10,12-13,15H,5-6H2,1-2H3/t12-,13-/m0/s1. The fraction of sp³-hybridized carbons (Fsp3) is 0.500. The van der Waals surface area contributed by atoms with Crippen LogP contribution in [0.25, 0.3) is 0 Å². The molecule has 1 N–H and O–H groups in total. The quantitative estimate of drug-likeness (QED) is 0.622. The maximum absolute atomic E-state index is 12.2. The van der Waals surface area contributed by atoms with Crippen molar-refractivity contribution in [3.8, 4) is 0 Å². The van der Waals surface area contributed by atoms with E-state index in [0.29, 0.717) is 0 Å². The third-order valence-corrected chi connectivity index (χ3v) is 4.70. The Morgan fingerprint density at radius 3 is 2.33 bits per heavy atom. The predicted octanol–water partition coefficient (Wildman–Crippen LogP) is 1.01. The van der Waals surface area contributed by atoms with Crippen LogP contribution in [-0.4, -0.2) is 38.8 Å². The van der Waals surface area contributed by atoms with E-state index in [1.807, 2.05) is 6.92 Å². The first-order valence-corrected chi connectivity index (χ1v) is 8.02. The zero-order chi connectivity index (χ0) is 15.6. The van der Waals surface area contributed by atoms with E-state index in [1.54, 1.807) is 12.1 Å². The lowest BCUT2D eigenvalue weighted by molar-refractivity contribution is -0.154. The maximum atomic E-state index is 12.2. The van der Waals surface area contributed by atoms with Crippen LogP contribution in [0, 0.1) is 12.8 Å². The summed E-state index contributed by atoms with van der Waals surface area (Å²) in [5.41, 5.74) is 0.900. The molecule has 1 aromatic carbocycles. The maximum Gasteiger partial charge on any atom is 0.339 e. The summed E-state index contributed by atoms with van der Waals surface area (Å²) in [6, 6.07) is 6.03. The first kappa shape index (κ1) is 15.9. The summed E-state index contributed by atoms with van der Waals surface area (Å²) >= 11 is 0. The molecule has 2 atom stereocenters. The second-order valence-electron chi connectivity index (χ2n) is 5.14. The third kappa shape index (κ3) is 3.81. The normalized spacial score (nSPS) is 18.0. The second kappa shape index (κ2) is 6.13. The van der Waals surface area contributed by atoms with E-state index < -0.39 is 28.3 Å². The Morgan fingerprint density at radius 2 is 1.86 bits per heavy atom. The summed E-state index contributed by atoms with van der Waals surface area (Å²) in [6.07, 6.45) is -1.24. The minimum Gasteiger partial charge on any atom is -0.467 e. The Hall–Kier alpha value is -1.44. The fourth-order valence-electron chi connectivity index (χ4n) is 1.93. The molecule has 1 aromatic rings. The Kier molecular flexibility index (Phi) is 4.65. The van der Waals surface area contributed by atoms with Gasteiger partial charge in [0.2, 0.25) is 6.10 Å². The van der Waals surface area contributed by atoms with Gasteiger partial charge in [-0.05, 0) is 37.8 Å². The van der Waals surface area contributed by atoms with Gasteiger partial charge in [-0.1, -0.05) is 17.7 Å². The molecule has 0 amide bonds. The number of methoxy groups -OCH3 is 1. The first-order valence-electron chi connectivity index (χ1n) is 6.61. The van der Waals surface area contributed by atoms with Gasteiger partial charge in [-0.2, -0.15) is 8.42 Å². The summed E-state index contributed by atoms with van der Waals surface area (Å²) in [7, 11) is -3.02. The van der Waals surface area contributed by atoms with Gasteiger partial charge in [-0.15, -0.1) is 0 Å². The molecule has 1 saturated carbocycles. The van der Waals surface area contributed by atoms with Crippen molar-refractivity contribution in [2.75, 3.05) is 7.11 Å². The zero-order valence-electron chi connectivity index (χ0n) is 11.9. The number of benzene rings is 1. The zero-order valence-corrected chi connectivity index (χ0v) is 12.7. The number of hydrogen-bond donors (Lipinski definition) is 1. The summed E-state index contributed by atoms with van der Waals surface area (Å²) in [5, 5.41) is 10.0. The van der Waals surface area contributed by atoms with Crippen molar-refractivity contribution in [1.82, 2.24) is 0 Å². The van der Waals surface area contributed by atoms with E-state index in [-0.39, 0.29) is 10.8 Å². The van der Waals surface area contributed by atoms with E-state index in [4.69, 9.17) is 4.18 Å². The first-order chi connectivity index (χ1) is 9.85. The van der Waals surface area contributed by atoms with Crippen molar-refractivity contribution < 1.29 is 27.2 Å². The van der Waals surface area contributed by atoms with E-state index in [0.717, 1.165) is 25.5 Å². The number of aliphatic hydroxyl groups is 1. The number of rotatable bonds is 6. The number of aliphatic hydroxyl groups excluding tert-OH is 1. The molecule has 0 bridgehead atoms. The molecule has 0 saturated heterocycles. The van der Waals surface area contributed by atoms with Crippen LogP contribution < -0.4 is 0 Å². The van der Waals surface area contributed by atoms with Crippen molar-refractivity contribution in [2.24, 2.45) is 5.92 Å². The highest BCUT2D eigenvalue weighted by molar-refractivity contribution is 7.86. The van der Waals surface area contributed by atoms with Gasteiger partial charge in [-0.3, -0.25) is 0 Å². The van der Waals surface area contributed by atoms with E-state index in [2.05, 4.69) is 4.74 Å². The summed E-state index contributed by atoms with van der Waals surface area (Å²) in [6.45, 7) is 1.82. The topological polar surface area (TPSA) is 89.9 Å². The molecule has 1 aliphatic rings. The molecule has 0 spiro atoms. The van der Waals surface area contributed by atoms with Crippen LogP contribution in [0.2, 0.25) is 0 Å². The number of hydrogen-bond acceptors (Lipinski definition) is 6. The molecule has 1 aliphatic carbocycles. The number of ether oxygens (including phenoxy) is 1. The molecule has 0 radical (unpaired) electrons. The number of aryl methyl sites for hydroxylation is 1. The van der Waals surface area contributed by atoms with Gasteiger partial charge in [0.05, 0.1) is 18.1 Å². The molecule has 6 nitrogen and oxygen atoms in total. The summed E-state index contributed by atoms with van der Waals surface area (Å²) in [4.78, 5) is 11.6. The van der Waals surface area contributed by atoms with Gasteiger partial charge >= 0.3 is 5.97 Å². The second-order valence-corrected chi connectivity index (χ2v) is 6.71. The van der Waals surface area contributed by atoms with Crippen molar-refractivity contribution in [2.45, 2.75) is 36.9 Å². The van der Waals surface area contributed by atoms with Crippen LogP contribution in [0.4, 0.5) is 0 Å². The van der Waals surface area contributed by atoms with Crippen LogP contribution >= 0.6 is 0 Å². The molecule has 0 aliphatic heterocycles. The van der Waals surface area contributed by atoms with Gasteiger partial charge in [0, 0.05) is 0 Å². The SMILES string of the molecule is COC(=O)[C@@H](OS(=O)(=O)c1ccc(C)cc1)[C@@H](O)C1CC1. The summed E-state index contributed by atoms with van der Waals surface area (Å²) in [5.74, 6) is -1.02. The molecule has 0 aromatic heterocycles. The Balaban J connectivity index is 2.21. The molecule has 2 rings (SSSR count). The Labute approximate surface area is 123 Å². The smallest absolute Gasteiger partial charge is 0.339 e. The van der Waals surface area contributed by atoms with Crippen molar-refractivity contribution in [3.05, 3.63) is 29.8 Å². The number of carbonyl (C=O) groups is 1.